The van der Waals surface area contributed by atoms with Crippen molar-refractivity contribution in [2.24, 2.45) is 0 Å². The maximum atomic E-state index is 13.0. The molecule has 2 aromatic heterocycles. The fourth-order valence-electron chi connectivity index (χ4n) is 3.01. The third-order valence-electron chi connectivity index (χ3n) is 4.05. The molecule has 21 heavy (non-hydrogen) atoms. The Morgan fingerprint density at radius 2 is 2.19 bits per heavy atom. The Hall–Kier alpha value is -0.590. The van der Waals surface area contributed by atoms with Crippen molar-refractivity contribution in [3.8, 4) is 0 Å². The van der Waals surface area contributed by atoms with Gasteiger partial charge in [-0.2, -0.15) is 11.8 Å². The highest BCUT2D eigenvalue weighted by atomic mass is 32.2. The van der Waals surface area contributed by atoms with Crippen molar-refractivity contribution in [1.29, 1.82) is 0 Å². The SMILES string of the molecule is CCSCC(C)n1c(=S)[nH]c2sc3c(c2c1=O)CCCC3. The van der Waals surface area contributed by atoms with E-state index in [9.17, 15) is 4.79 Å². The summed E-state index contributed by atoms with van der Waals surface area (Å²) in [6.07, 6.45) is 4.57. The number of aryl methyl sites for hydroxylation is 2. The van der Waals surface area contributed by atoms with Gasteiger partial charge in [-0.1, -0.05) is 6.92 Å². The molecule has 3 rings (SSSR count). The Morgan fingerprint density at radius 3 is 2.95 bits per heavy atom. The Labute approximate surface area is 137 Å². The Balaban J connectivity index is 2.18. The lowest BCUT2D eigenvalue weighted by atomic mass is 9.97. The molecule has 114 valence electrons. The van der Waals surface area contributed by atoms with Crippen molar-refractivity contribution in [1.82, 2.24) is 9.55 Å². The van der Waals surface area contributed by atoms with Crippen molar-refractivity contribution < 1.29 is 0 Å². The Kier molecular flexibility index (Phi) is 4.57. The molecule has 1 unspecified atom stereocenters. The second-order valence-corrected chi connectivity index (χ2v) is 8.34. The van der Waals surface area contributed by atoms with Gasteiger partial charge >= 0.3 is 0 Å². The van der Waals surface area contributed by atoms with E-state index in [0.717, 1.165) is 34.6 Å². The average molecular weight is 341 g/mol. The molecule has 0 saturated heterocycles. The van der Waals surface area contributed by atoms with Gasteiger partial charge in [-0.05, 0) is 56.1 Å². The highest BCUT2D eigenvalue weighted by molar-refractivity contribution is 7.99. The summed E-state index contributed by atoms with van der Waals surface area (Å²) in [6.45, 7) is 4.22. The van der Waals surface area contributed by atoms with E-state index >= 15 is 0 Å². The molecule has 0 fully saturated rings. The third kappa shape index (κ3) is 2.73. The van der Waals surface area contributed by atoms with Crippen molar-refractivity contribution in [3.63, 3.8) is 0 Å². The zero-order chi connectivity index (χ0) is 15.0. The molecule has 1 N–H and O–H groups in total. The molecule has 2 aromatic rings. The van der Waals surface area contributed by atoms with E-state index in [4.69, 9.17) is 12.2 Å². The van der Waals surface area contributed by atoms with Crippen LogP contribution in [0.15, 0.2) is 4.79 Å². The van der Waals surface area contributed by atoms with Crippen LogP contribution >= 0.6 is 35.3 Å². The van der Waals surface area contributed by atoms with Crippen molar-refractivity contribution in [3.05, 3.63) is 25.6 Å². The number of fused-ring (bicyclic) bond motifs is 3. The second-order valence-electron chi connectivity index (χ2n) is 5.53. The van der Waals surface area contributed by atoms with E-state index in [1.807, 2.05) is 11.8 Å². The van der Waals surface area contributed by atoms with Crippen LogP contribution in [0.3, 0.4) is 0 Å². The minimum absolute atomic E-state index is 0.109. The number of hydrogen-bond acceptors (Lipinski definition) is 4. The van der Waals surface area contributed by atoms with Gasteiger partial charge in [-0.3, -0.25) is 9.36 Å². The van der Waals surface area contributed by atoms with Gasteiger partial charge in [0.05, 0.1) is 5.39 Å². The maximum Gasteiger partial charge on any atom is 0.263 e. The zero-order valence-corrected chi connectivity index (χ0v) is 14.8. The van der Waals surface area contributed by atoms with Gasteiger partial charge in [0, 0.05) is 16.7 Å². The average Bonchev–Trinajstić information content (AvgIpc) is 2.83. The zero-order valence-electron chi connectivity index (χ0n) is 12.4. The first-order valence-electron chi connectivity index (χ1n) is 7.50. The first-order valence-corrected chi connectivity index (χ1v) is 9.88. The fourth-order valence-corrected chi connectivity index (χ4v) is 5.45. The fraction of sp³-hybridized carbons (Fsp3) is 0.600. The maximum absolute atomic E-state index is 13.0. The summed E-state index contributed by atoms with van der Waals surface area (Å²) in [7, 11) is 0. The van der Waals surface area contributed by atoms with Gasteiger partial charge in [-0.25, -0.2) is 0 Å². The van der Waals surface area contributed by atoms with Crippen molar-refractivity contribution in [2.75, 3.05) is 11.5 Å². The first-order chi connectivity index (χ1) is 10.1. The summed E-state index contributed by atoms with van der Waals surface area (Å²) in [6, 6.07) is 0.134. The van der Waals surface area contributed by atoms with Crippen LogP contribution in [-0.4, -0.2) is 21.1 Å². The lowest BCUT2D eigenvalue weighted by Gasteiger charge is -2.15. The monoisotopic (exact) mass is 340 g/mol. The number of hydrogen-bond donors (Lipinski definition) is 1. The number of thioether (sulfide) groups is 1. The number of nitrogens with zero attached hydrogens (tertiary/aromatic N) is 1. The lowest BCUT2D eigenvalue weighted by Crippen LogP contribution is -2.26. The van der Waals surface area contributed by atoms with Crippen LogP contribution in [0, 0.1) is 4.77 Å². The Bertz CT molecular complexity index is 772. The first kappa shape index (κ1) is 15.3. The minimum Gasteiger partial charge on any atom is -0.323 e. The normalized spacial score (nSPS) is 16.1. The number of thiophene rings is 1. The number of H-pyrrole nitrogens is 1. The van der Waals surface area contributed by atoms with Gasteiger partial charge in [0.15, 0.2) is 4.77 Å². The highest BCUT2D eigenvalue weighted by Gasteiger charge is 2.21. The van der Waals surface area contributed by atoms with Crippen LogP contribution in [0.5, 0.6) is 0 Å². The molecule has 0 aliphatic heterocycles. The molecule has 0 amide bonds. The summed E-state index contributed by atoms with van der Waals surface area (Å²) in [5.74, 6) is 1.98. The van der Waals surface area contributed by atoms with Crippen LogP contribution < -0.4 is 5.56 Å². The quantitative estimate of drug-likeness (QED) is 0.843. The summed E-state index contributed by atoms with van der Waals surface area (Å²) in [5, 5.41) is 0.900. The number of rotatable bonds is 4. The predicted octanol–water partition coefficient (Wildman–Crippen LogP) is 4.31. The van der Waals surface area contributed by atoms with Crippen LogP contribution in [-0.2, 0) is 12.8 Å². The minimum atomic E-state index is 0.109. The summed E-state index contributed by atoms with van der Waals surface area (Å²) in [5.41, 5.74) is 1.39. The van der Waals surface area contributed by atoms with Crippen molar-refractivity contribution >= 4 is 45.5 Å². The van der Waals surface area contributed by atoms with Gasteiger partial charge in [-0.15, -0.1) is 11.3 Å². The summed E-state index contributed by atoms with van der Waals surface area (Å²) >= 11 is 9.01. The van der Waals surface area contributed by atoms with Gasteiger partial charge in [0.1, 0.15) is 4.83 Å². The van der Waals surface area contributed by atoms with Gasteiger partial charge in [0.2, 0.25) is 0 Å². The topological polar surface area (TPSA) is 37.8 Å². The molecule has 3 nitrogen and oxygen atoms in total. The van der Waals surface area contributed by atoms with Crippen LogP contribution in [0.1, 0.15) is 43.2 Å². The Morgan fingerprint density at radius 1 is 1.43 bits per heavy atom. The smallest absolute Gasteiger partial charge is 0.263 e. The molecule has 0 aromatic carbocycles. The molecular weight excluding hydrogens is 320 g/mol. The second kappa shape index (κ2) is 6.26. The predicted molar refractivity (Wildman–Crippen MR) is 95.6 cm³/mol. The third-order valence-corrected chi connectivity index (χ3v) is 6.68. The molecule has 2 heterocycles. The van der Waals surface area contributed by atoms with Crippen LogP contribution in [0.25, 0.3) is 10.2 Å². The molecule has 0 radical (unpaired) electrons. The largest absolute Gasteiger partial charge is 0.323 e. The van der Waals surface area contributed by atoms with Gasteiger partial charge in [0.25, 0.3) is 5.56 Å². The molecular formula is C15H20N2OS3. The summed E-state index contributed by atoms with van der Waals surface area (Å²) in [4.78, 5) is 18.6. The van der Waals surface area contributed by atoms with E-state index in [1.165, 1.54) is 23.3 Å². The number of aromatic nitrogens is 2. The molecule has 1 atom stereocenters. The van der Waals surface area contributed by atoms with Gasteiger partial charge < -0.3 is 4.98 Å². The van der Waals surface area contributed by atoms with E-state index in [-0.39, 0.29) is 11.6 Å². The molecule has 1 aliphatic rings. The van der Waals surface area contributed by atoms with E-state index < -0.39 is 0 Å². The molecule has 0 saturated carbocycles. The lowest BCUT2D eigenvalue weighted by molar-refractivity contribution is 0.573. The molecule has 6 heteroatoms. The van der Waals surface area contributed by atoms with Crippen LogP contribution in [0.2, 0.25) is 0 Å². The summed E-state index contributed by atoms with van der Waals surface area (Å²) < 4.78 is 2.34. The van der Waals surface area contributed by atoms with E-state index in [0.29, 0.717) is 4.77 Å². The number of aromatic amines is 1. The van der Waals surface area contributed by atoms with E-state index in [2.05, 4.69) is 18.8 Å². The molecule has 1 aliphatic carbocycles. The standard InChI is InChI=1S/C15H20N2OS3/c1-3-20-8-9(2)17-14(18)12-10-6-4-5-7-11(10)21-13(12)16-15(17)19/h9H,3-8H2,1-2H3,(H,16,19). The number of nitrogens with one attached hydrogen (secondary N) is 1. The molecule has 0 bridgehead atoms. The van der Waals surface area contributed by atoms with E-state index in [1.54, 1.807) is 15.9 Å². The molecule has 0 spiro atoms. The van der Waals surface area contributed by atoms with Crippen LogP contribution in [0.4, 0.5) is 0 Å². The highest BCUT2D eigenvalue weighted by Crippen LogP contribution is 2.33. The van der Waals surface area contributed by atoms with Crippen molar-refractivity contribution in [2.45, 2.75) is 45.6 Å².